The van der Waals surface area contributed by atoms with Crippen molar-refractivity contribution in [3.05, 3.63) is 17.5 Å². The largest absolute Gasteiger partial charge is 0.337 e. The van der Waals surface area contributed by atoms with Gasteiger partial charge in [0.05, 0.1) is 5.69 Å². The van der Waals surface area contributed by atoms with Crippen molar-refractivity contribution in [2.24, 2.45) is 7.05 Å². The lowest BCUT2D eigenvalue weighted by Crippen LogP contribution is -2.45. The summed E-state index contributed by atoms with van der Waals surface area (Å²) in [5.41, 5.74) is 1.59. The molecule has 1 saturated heterocycles. The molecule has 1 aliphatic heterocycles. The van der Waals surface area contributed by atoms with E-state index in [9.17, 15) is 4.79 Å². The van der Waals surface area contributed by atoms with Crippen molar-refractivity contribution in [3.8, 4) is 0 Å². The summed E-state index contributed by atoms with van der Waals surface area (Å²) in [6, 6.07) is 2.43. The lowest BCUT2D eigenvalue weighted by molar-refractivity contribution is 0.0694. The molecule has 1 aromatic heterocycles. The topological polar surface area (TPSA) is 50.2 Å². The Balaban J connectivity index is 1.91. The third kappa shape index (κ3) is 3.35. The Labute approximate surface area is 115 Å². The normalized spacial score (nSPS) is 16.9. The minimum absolute atomic E-state index is 0.108. The monoisotopic (exact) mass is 264 g/mol. The van der Waals surface area contributed by atoms with E-state index in [2.05, 4.69) is 17.3 Å². The van der Waals surface area contributed by atoms with Crippen molar-refractivity contribution < 1.29 is 4.79 Å². The second kappa shape index (κ2) is 6.19. The molecule has 0 spiro atoms. The molecule has 1 N–H and O–H groups in total. The molecule has 0 aliphatic carbocycles. The Morgan fingerprint density at radius 2 is 2.16 bits per heavy atom. The van der Waals surface area contributed by atoms with Crippen LogP contribution in [0.15, 0.2) is 6.07 Å². The number of likely N-dealkylation sites (tertiary alicyclic amines) is 1. The fourth-order valence-electron chi connectivity index (χ4n) is 2.61. The van der Waals surface area contributed by atoms with Crippen molar-refractivity contribution >= 4 is 5.91 Å². The summed E-state index contributed by atoms with van der Waals surface area (Å²) in [6.45, 7) is 6.84. The van der Waals surface area contributed by atoms with Gasteiger partial charge >= 0.3 is 0 Å². The van der Waals surface area contributed by atoms with E-state index in [4.69, 9.17) is 0 Å². The zero-order valence-corrected chi connectivity index (χ0v) is 12.1. The number of carbonyl (C=O) groups excluding carboxylic acids is 1. The van der Waals surface area contributed by atoms with Crippen LogP contribution in [0.4, 0.5) is 0 Å². The molecule has 5 nitrogen and oxygen atoms in total. The van der Waals surface area contributed by atoms with Gasteiger partial charge in [-0.1, -0.05) is 6.92 Å². The predicted molar refractivity (Wildman–Crippen MR) is 75.2 cm³/mol. The first-order chi connectivity index (χ1) is 9.11. The molecule has 1 amide bonds. The van der Waals surface area contributed by atoms with Crippen LogP contribution in [0, 0.1) is 6.92 Å². The molecule has 0 saturated carbocycles. The van der Waals surface area contributed by atoms with Crippen LogP contribution in [0.2, 0.25) is 0 Å². The van der Waals surface area contributed by atoms with Gasteiger partial charge in [-0.15, -0.1) is 0 Å². The van der Waals surface area contributed by atoms with Gasteiger partial charge in [-0.05, 0) is 38.8 Å². The fraction of sp³-hybridized carbons (Fsp3) is 0.714. The molecule has 1 aromatic rings. The number of nitrogens with one attached hydrogen (secondary N) is 1. The van der Waals surface area contributed by atoms with Gasteiger partial charge in [0.15, 0.2) is 0 Å². The highest BCUT2D eigenvalue weighted by atomic mass is 16.2. The van der Waals surface area contributed by atoms with Gasteiger partial charge in [0, 0.05) is 26.2 Å². The smallest absolute Gasteiger partial charge is 0.272 e. The number of carbonyl (C=O) groups is 1. The Kier molecular flexibility index (Phi) is 4.58. The van der Waals surface area contributed by atoms with Gasteiger partial charge in [0.1, 0.15) is 5.69 Å². The summed E-state index contributed by atoms with van der Waals surface area (Å²) >= 11 is 0. The summed E-state index contributed by atoms with van der Waals surface area (Å²) in [4.78, 5) is 14.3. The molecule has 0 bridgehead atoms. The number of hydrogen-bond donors (Lipinski definition) is 1. The second-order valence-electron chi connectivity index (χ2n) is 5.32. The molecule has 1 aliphatic rings. The molecule has 1 fully saturated rings. The van der Waals surface area contributed by atoms with E-state index in [1.165, 1.54) is 0 Å². The first-order valence-corrected chi connectivity index (χ1v) is 7.15. The van der Waals surface area contributed by atoms with Crippen molar-refractivity contribution in [3.63, 3.8) is 0 Å². The number of hydrogen-bond acceptors (Lipinski definition) is 3. The number of piperidine rings is 1. The second-order valence-corrected chi connectivity index (χ2v) is 5.32. The number of nitrogens with zero attached hydrogens (tertiary/aromatic N) is 3. The Hall–Kier alpha value is -1.36. The highest BCUT2D eigenvalue weighted by Gasteiger charge is 2.25. The number of rotatable bonds is 4. The molecule has 2 heterocycles. The van der Waals surface area contributed by atoms with Crippen LogP contribution in [0.3, 0.4) is 0 Å². The van der Waals surface area contributed by atoms with Crippen LogP contribution < -0.4 is 5.32 Å². The quantitative estimate of drug-likeness (QED) is 0.892. The minimum atomic E-state index is 0.108. The summed E-state index contributed by atoms with van der Waals surface area (Å²) in [5.74, 6) is 0.108. The molecule has 0 aromatic carbocycles. The van der Waals surface area contributed by atoms with Gasteiger partial charge < -0.3 is 10.2 Å². The fourth-order valence-corrected chi connectivity index (χ4v) is 2.61. The third-order valence-electron chi connectivity index (χ3n) is 3.69. The summed E-state index contributed by atoms with van der Waals surface area (Å²) < 4.78 is 1.68. The van der Waals surface area contributed by atoms with Gasteiger partial charge in [-0.3, -0.25) is 9.48 Å². The molecular weight excluding hydrogens is 240 g/mol. The lowest BCUT2D eigenvalue weighted by atomic mass is 10.0. The first kappa shape index (κ1) is 14.1. The highest BCUT2D eigenvalue weighted by Crippen LogP contribution is 2.14. The summed E-state index contributed by atoms with van der Waals surface area (Å²) in [5, 5.41) is 7.77. The Bertz CT molecular complexity index is 433. The van der Waals surface area contributed by atoms with Gasteiger partial charge in [0.25, 0.3) is 5.91 Å². The maximum absolute atomic E-state index is 12.4. The maximum Gasteiger partial charge on any atom is 0.272 e. The molecule has 106 valence electrons. The number of amides is 1. The van der Waals surface area contributed by atoms with Crippen LogP contribution in [0.1, 0.15) is 42.4 Å². The first-order valence-electron chi connectivity index (χ1n) is 7.15. The standard InChI is InChI=1S/C14H24N4O/c1-4-7-15-12-5-8-18(9-6-12)14(19)13-10-11(2)16-17(13)3/h10,12,15H,4-9H2,1-3H3. The number of aromatic nitrogens is 2. The average molecular weight is 264 g/mol. The third-order valence-corrected chi connectivity index (χ3v) is 3.69. The van der Waals surface area contributed by atoms with Crippen molar-refractivity contribution in [1.29, 1.82) is 0 Å². The molecule has 2 rings (SSSR count). The Morgan fingerprint density at radius 3 is 2.68 bits per heavy atom. The van der Waals surface area contributed by atoms with Gasteiger partial charge in [-0.2, -0.15) is 5.10 Å². The zero-order chi connectivity index (χ0) is 13.8. The summed E-state index contributed by atoms with van der Waals surface area (Å²) in [7, 11) is 1.83. The Morgan fingerprint density at radius 1 is 1.47 bits per heavy atom. The average Bonchev–Trinajstić information content (AvgIpc) is 2.75. The van der Waals surface area contributed by atoms with Crippen LogP contribution in [0.5, 0.6) is 0 Å². The van der Waals surface area contributed by atoms with Crippen LogP contribution in [0.25, 0.3) is 0 Å². The maximum atomic E-state index is 12.4. The zero-order valence-electron chi connectivity index (χ0n) is 12.1. The highest BCUT2D eigenvalue weighted by molar-refractivity contribution is 5.92. The van der Waals surface area contributed by atoms with E-state index in [0.29, 0.717) is 11.7 Å². The van der Waals surface area contributed by atoms with E-state index in [1.807, 2.05) is 24.9 Å². The van der Waals surface area contributed by atoms with Crippen LogP contribution in [-0.2, 0) is 7.05 Å². The molecule has 19 heavy (non-hydrogen) atoms. The van der Waals surface area contributed by atoms with Crippen molar-refractivity contribution in [2.75, 3.05) is 19.6 Å². The van der Waals surface area contributed by atoms with E-state index >= 15 is 0 Å². The lowest BCUT2D eigenvalue weighted by Gasteiger charge is -2.32. The van der Waals surface area contributed by atoms with Crippen molar-refractivity contribution in [1.82, 2.24) is 20.0 Å². The minimum Gasteiger partial charge on any atom is -0.337 e. The van der Waals surface area contributed by atoms with Crippen molar-refractivity contribution in [2.45, 2.75) is 39.2 Å². The molecule has 0 radical (unpaired) electrons. The summed E-state index contributed by atoms with van der Waals surface area (Å²) in [6.07, 6.45) is 3.25. The predicted octanol–water partition coefficient (Wildman–Crippen LogP) is 1.33. The van der Waals surface area contributed by atoms with E-state index in [1.54, 1.807) is 4.68 Å². The van der Waals surface area contributed by atoms with Gasteiger partial charge in [-0.25, -0.2) is 0 Å². The molecule has 5 heteroatoms. The van der Waals surface area contributed by atoms with Gasteiger partial charge in [0.2, 0.25) is 0 Å². The van der Waals surface area contributed by atoms with E-state index in [-0.39, 0.29) is 5.91 Å². The van der Waals surface area contributed by atoms with Crippen LogP contribution >= 0.6 is 0 Å². The van der Waals surface area contributed by atoms with E-state index < -0.39 is 0 Å². The molecular formula is C14H24N4O. The number of aryl methyl sites for hydroxylation is 2. The SMILES string of the molecule is CCCNC1CCN(C(=O)c2cc(C)nn2C)CC1. The van der Waals surface area contributed by atoms with Crippen LogP contribution in [-0.4, -0.2) is 46.3 Å². The van der Waals surface area contributed by atoms with E-state index in [0.717, 1.165) is 44.6 Å². The molecule has 0 unspecified atom stereocenters. The molecule has 0 atom stereocenters.